The van der Waals surface area contributed by atoms with Gasteiger partial charge in [0.2, 0.25) is 0 Å². The van der Waals surface area contributed by atoms with Crippen LogP contribution >= 0.6 is 0 Å². The van der Waals surface area contributed by atoms with Gasteiger partial charge in [-0.05, 0) is 37.5 Å². The lowest BCUT2D eigenvalue weighted by atomic mass is 10.0. The minimum absolute atomic E-state index is 0.0367. The number of aromatic nitrogens is 4. The maximum atomic E-state index is 16.4. The van der Waals surface area contributed by atoms with Crippen LogP contribution in [0.3, 0.4) is 0 Å². The number of hydrogen-bond acceptors (Lipinski definition) is 1. The SMILES string of the molecule is Cc1ccc(-c2c3nc(c4[nH]c(c(F)c4F)c(-c4ccc(C)cc4)c4[nH]c(c(F)c4F)c(-c4ccc(C)cc4)c4[nH]c2c(F)c4F)C(F)=C3F)cc1. The van der Waals surface area contributed by atoms with Crippen molar-refractivity contribution in [3.05, 3.63) is 136 Å². The summed E-state index contributed by atoms with van der Waals surface area (Å²) in [4.78, 5) is 11.6. The molecule has 1 aliphatic rings. The normalized spacial score (nSPS) is 12.4. The van der Waals surface area contributed by atoms with Crippen molar-refractivity contribution in [2.75, 3.05) is 0 Å². The standard InChI is InChI=1S/C40H24F8N4/c1-16-4-10-19(11-5-16)22-33-25(41)27(43)35(49-33)23(20-12-6-17(2)7-13-20)37-29(45)31(47)39(51-37)40-32(48)30(46)38(52-40)24(21-14-8-18(3)9-15-21)36-28(44)26(42)34(22)50-36/h4-15,49-51H,1-3H3. The Morgan fingerprint density at radius 2 is 0.615 bits per heavy atom. The van der Waals surface area contributed by atoms with Gasteiger partial charge in [-0.3, -0.25) is 0 Å². The van der Waals surface area contributed by atoms with E-state index in [2.05, 4.69) is 19.9 Å². The first-order valence-corrected chi connectivity index (χ1v) is 15.9. The number of nitrogens with one attached hydrogen (secondary N) is 3. The number of aromatic amines is 3. The van der Waals surface area contributed by atoms with E-state index in [0.29, 0.717) is 0 Å². The van der Waals surface area contributed by atoms with Gasteiger partial charge in [-0.2, -0.15) is 0 Å². The molecule has 0 atom stereocenters. The average molecular weight is 713 g/mol. The molecule has 0 unspecified atom stereocenters. The molecule has 12 heteroatoms. The zero-order valence-corrected chi connectivity index (χ0v) is 27.4. The summed E-state index contributed by atoms with van der Waals surface area (Å²) in [6.07, 6.45) is 0. The van der Waals surface area contributed by atoms with Gasteiger partial charge in [-0.25, -0.2) is 40.1 Å². The van der Waals surface area contributed by atoms with Crippen LogP contribution in [0, 0.1) is 55.7 Å². The van der Waals surface area contributed by atoms with Gasteiger partial charge in [-0.15, -0.1) is 0 Å². The third kappa shape index (κ3) is 4.92. The number of nitrogens with zero attached hydrogens (tertiary/aromatic N) is 1. The first-order chi connectivity index (χ1) is 24.8. The van der Waals surface area contributed by atoms with Crippen LogP contribution in [0.1, 0.15) is 28.1 Å². The second kappa shape index (κ2) is 12.0. The van der Waals surface area contributed by atoms with Crippen LogP contribution in [0.2, 0.25) is 0 Å². The van der Waals surface area contributed by atoms with Crippen molar-refractivity contribution in [1.82, 2.24) is 19.9 Å². The Kier molecular flexibility index (Phi) is 7.60. The zero-order chi connectivity index (χ0) is 36.7. The number of rotatable bonds is 3. The lowest BCUT2D eigenvalue weighted by Crippen LogP contribution is -1.90. The number of benzene rings is 3. The Balaban J connectivity index is 1.72. The smallest absolute Gasteiger partial charge is 0.188 e. The van der Waals surface area contributed by atoms with Gasteiger partial charge in [0.1, 0.15) is 16.9 Å². The minimum atomic E-state index is -1.73. The lowest BCUT2D eigenvalue weighted by molar-refractivity contribution is 0.527. The highest BCUT2D eigenvalue weighted by atomic mass is 19.2. The second-order valence-corrected chi connectivity index (χ2v) is 12.7. The van der Waals surface area contributed by atoms with E-state index in [1.165, 1.54) is 36.4 Å². The maximum Gasteiger partial charge on any atom is 0.188 e. The van der Waals surface area contributed by atoms with Gasteiger partial charge >= 0.3 is 0 Å². The highest BCUT2D eigenvalue weighted by molar-refractivity contribution is 6.03. The average Bonchev–Trinajstić information content (AvgIpc) is 3.79. The number of aryl methyl sites for hydroxylation is 3. The van der Waals surface area contributed by atoms with E-state index in [0.717, 1.165) is 16.7 Å². The maximum absolute atomic E-state index is 16.4. The van der Waals surface area contributed by atoms with E-state index in [4.69, 9.17) is 0 Å². The summed E-state index contributed by atoms with van der Waals surface area (Å²) in [5, 5.41) is 0. The van der Waals surface area contributed by atoms with E-state index in [1.807, 2.05) is 0 Å². The molecule has 4 nitrogen and oxygen atoms in total. The molecule has 8 rings (SSSR count). The van der Waals surface area contributed by atoms with E-state index < -0.39 is 108 Å². The molecular formula is C40H24F8N4. The van der Waals surface area contributed by atoms with Gasteiger partial charge in [0.15, 0.2) is 46.6 Å². The molecule has 1 aliphatic heterocycles. The molecule has 0 spiro atoms. The quantitative estimate of drug-likeness (QED) is 0.157. The fourth-order valence-corrected chi connectivity index (χ4v) is 6.52. The number of H-pyrrole nitrogens is 3. The van der Waals surface area contributed by atoms with Crippen LogP contribution in [0.15, 0.2) is 72.8 Å². The van der Waals surface area contributed by atoms with Gasteiger partial charge in [0.05, 0.1) is 27.6 Å². The van der Waals surface area contributed by atoms with Crippen molar-refractivity contribution in [1.29, 1.82) is 0 Å². The first-order valence-electron chi connectivity index (χ1n) is 15.9. The Hall–Kier alpha value is -6.17. The fourth-order valence-electron chi connectivity index (χ4n) is 6.52. The Labute approximate surface area is 289 Å². The number of halogens is 8. The molecule has 0 saturated carbocycles. The van der Waals surface area contributed by atoms with E-state index in [9.17, 15) is 0 Å². The van der Waals surface area contributed by atoms with Crippen LogP contribution in [0.4, 0.5) is 35.1 Å². The van der Waals surface area contributed by atoms with Crippen molar-refractivity contribution in [3.8, 4) is 33.4 Å². The molecule has 0 radical (unpaired) electrons. The van der Waals surface area contributed by atoms with Crippen LogP contribution in [-0.4, -0.2) is 19.9 Å². The predicted octanol–water partition coefficient (Wildman–Crippen LogP) is 12.1. The molecule has 3 N–H and O–H groups in total. The molecule has 0 amide bonds. The third-order valence-corrected chi connectivity index (χ3v) is 9.22. The summed E-state index contributed by atoms with van der Waals surface area (Å²) in [6.45, 7) is 5.23. The molecule has 0 fully saturated rings. The summed E-state index contributed by atoms with van der Waals surface area (Å²) in [5.41, 5.74) is -5.29. The minimum Gasteiger partial charge on any atom is -0.349 e. The number of fused-ring (bicyclic) bond motifs is 9. The molecule has 8 bridgehead atoms. The largest absolute Gasteiger partial charge is 0.349 e. The van der Waals surface area contributed by atoms with Crippen LogP contribution in [0.25, 0.3) is 78.1 Å². The molecule has 260 valence electrons. The highest BCUT2D eigenvalue weighted by Gasteiger charge is 2.32. The molecule has 0 saturated heterocycles. The highest BCUT2D eigenvalue weighted by Crippen LogP contribution is 2.44. The van der Waals surface area contributed by atoms with Crippen molar-refractivity contribution < 1.29 is 35.1 Å². The van der Waals surface area contributed by atoms with E-state index in [1.54, 1.807) is 57.2 Å². The van der Waals surface area contributed by atoms with Crippen molar-refractivity contribution in [2.45, 2.75) is 20.8 Å². The zero-order valence-electron chi connectivity index (χ0n) is 27.4. The summed E-state index contributed by atoms with van der Waals surface area (Å²) >= 11 is 0. The Morgan fingerprint density at radius 1 is 0.346 bits per heavy atom. The molecule has 4 aromatic heterocycles. The summed E-state index contributed by atoms with van der Waals surface area (Å²) in [7, 11) is 0. The van der Waals surface area contributed by atoms with Crippen LogP contribution in [-0.2, 0) is 0 Å². The summed E-state index contributed by atoms with van der Waals surface area (Å²) in [5.74, 6) is -13.0. The van der Waals surface area contributed by atoms with Gasteiger partial charge in [-0.1, -0.05) is 89.5 Å². The fraction of sp³-hybridized carbons (Fsp3) is 0.0750. The Bertz CT molecular complexity index is 2770. The molecule has 7 aromatic rings. The van der Waals surface area contributed by atoms with Crippen molar-refractivity contribution in [3.63, 3.8) is 0 Å². The topological polar surface area (TPSA) is 60.3 Å². The lowest BCUT2D eigenvalue weighted by Gasteiger charge is -2.06. The third-order valence-electron chi connectivity index (χ3n) is 9.22. The molecule has 3 aromatic carbocycles. The molecule has 0 aliphatic carbocycles. The molecule has 52 heavy (non-hydrogen) atoms. The predicted molar refractivity (Wildman–Crippen MR) is 186 cm³/mol. The van der Waals surface area contributed by atoms with Gasteiger partial charge < -0.3 is 15.0 Å². The Morgan fingerprint density at radius 3 is 0.981 bits per heavy atom. The number of hydrogen-bond donors (Lipinski definition) is 3. The van der Waals surface area contributed by atoms with Crippen LogP contribution < -0.4 is 0 Å². The van der Waals surface area contributed by atoms with E-state index >= 15 is 35.1 Å². The molecular weight excluding hydrogens is 688 g/mol. The second-order valence-electron chi connectivity index (χ2n) is 12.7. The monoisotopic (exact) mass is 712 g/mol. The van der Waals surface area contributed by atoms with Gasteiger partial charge in [0, 0.05) is 16.7 Å². The first kappa shape index (κ1) is 33.0. The molecule has 5 heterocycles. The van der Waals surface area contributed by atoms with Crippen molar-refractivity contribution >= 4 is 44.8 Å². The summed E-state index contributed by atoms with van der Waals surface area (Å²) in [6, 6.07) is 18.2. The van der Waals surface area contributed by atoms with Crippen LogP contribution in [0.5, 0.6) is 0 Å². The van der Waals surface area contributed by atoms with Crippen molar-refractivity contribution in [2.24, 2.45) is 0 Å². The van der Waals surface area contributed by atoms with Gasteiger partial charge in [0.25, 0.3) is 0 Å². The summed E-state index contributed by atoms with van der Waals surface area (Å²) < 4.78 is 129. The van der Waals surface area contributed by atoms with E-state index in [-0.39, 0.29) is 16.7 Å².